The Bertz CT molecular complexity index is 1050. The molecule has 1 aromatic carbocycles. The summed E-state index contributed by atoms with van der Waals surface area (Å²) < 4.78 is 32.7. The zero-order valence-corrected chi connectivity index (χ0v) is 18.7. The van der Waals surface area contributed by atoms with E-state index in [-0.39, 0.29) is 27.3 Å². The van der Waals surface area contributed by atoms with Crippen LogP contribution in [0, 0.1) is 0 Å². The van der Waals surface area contributed by atoms with Crippen molar-refractivity contribution in [1.82, 2.24) is 9.29 Å². The van der Waals surface area contributed by atoms with Crippen molar-refractivity contribution in [2.75, 3.05) is 19.0 Å². The first-order valence-corrected chi connectivity index (χ1v) is 11.8. The molecule has 1 saturated carbocycles. The number of para-hydroxylation sites is 1. The molecule has 10 heteroatoms. The Kier molecular flexibility index (Phi) is 7.64. The first-order chi connectivity index (χ1) is 14.8. The van der Waals surface area contributed by atoms with E-state index in [4.69, 9.17) is 16.3 Å². The first-order valence-electron chi connectivity index (χ1n) is 9.95. The Hall–Kier alpha value is -2.49. The monoisotopic (exact) mass is 465 g/mol. The molecule has 0 atom stereocenters. The highest BCUT2D eigenvalue weighted by Crippen LogP contribution is 2.29. The van der Waals surface area contributed by atoms with Gasteiger partial charge >= 0.3 is 5.97 Å². The summed E-state index contributed by atoms with van der Waals surface area (Å²) >= 11 is 5.84. The topological polar surface area (TPSA) is 106 Å². The normalized spacial score (nSPS) is 14.9. The van der Waals surface area contributed by atoms with E-state index in [9.17, 15) is 18.0 Å². The molecule has 1 aliphatic carbocycles. The lowest BCUT2D eigenvalue weighted by molar-refractivity contribution is -0.119. The second-order valence-electron chi connectivity index (χ2n) is 7.28. The number of nitrogens with zero attached hydrogens (tertiary/aromatic N) is 2. The van der Waals surface area contributed by atoms with Crippen LogP contribution in [0.1, 0.15) is 42.5 Å². The van der Waals surface area contributed by atoms with E-state index in [1.54, 1.807) is 19.2 Å². The second-order valence-corrected chi connectivity index (χ2v) is 9.60. The predicted octanol–water partition coefficient (Wildman–Crippen LogP) is 3.48. The van der Waals surface area contributed by atoms with Crippen LogP contribution in [-0.2, 0) is 19.6 Å². The minimum Gasteiger partial charge on any atom is -0.452 e. The summed E-state index contributed by atoms with van der Waals surface area (Å²) in [7, 11) is -2.24. The van der Waals surface area contributed by atoms with Crippen LogP contribution < -0.4 is 5.32 Å². The number of ether oxygens (including phenoxy) is 1. The number of nitrogens with one attached hydrogen (secondary N) is 1. The molecule has 166 valence electrons. The van der Waals surface area contributed by atoms with E-state index in [0.29, 0.717) is 0 Å². The molecule has 2 aromatic rings. The molecule has 0 radical (unpaired) electrons. The number of hydrogen-bond donors (Lipinski definition) is 1. The van der Waals surface area contributed by atoms with Gasteiger partial charge in [0.25, 0.3) is 5.91 Å². The Labute approximate surface area is 186 Å². The largest absolute Gasteiger partial charge is 0.452 e. The maximum atomic E-state index is 13.2. The molecule has 1 heterocycles. The van der Waals surface area contributed by atoms with Crippen molar-refractivity contribution in [2.24, 2.45) is 0 Å². The van der Waals surface area contributed by atoms with Crippen LogP contribution in [0.4, 0.5) is 5.69 Å². The molecule has 1 aliphatic rings. The van der Waals surface area contributed by atoms with Crippen molar-refractivity contribution >= 4 is 39.2 Å². The number of sulfonamides is 1. The van der Waals surface area contributed by atoms with Gasteiger partial charge in [0, 0.05) is 19.3 Å². The smallest absolute Gasteiger partial charge is 0.341 e. The Morgan fingerprint density at radius 2 is 1.87 bits per heavy atom. The molecule has 0 saturated heterocycles. The van der Waals surface area contributed by atoms with E-state index >= 15 is 0 Å². The van der Waals surface area contributed by atoms with Crippen LogP contribution in [-0.4, -0.2) is 49.3 Å². The fraction of sp³-hybridized carbons (Fsp3) is 0.381. The molecule has 8 nitrogen and oxygen atoms in total. The molecule has 1 N–H and O–H groups in total. The fourth-order valence-electron chi connectivity index (χ4n) is 3.52. The Balaban J connectivity index is 1.69. The zero-order valence-electron chi connectivity index (χ0n) is 17.1. The van der Waals surface area contributed by atoms with Crippen molar-refractivity contribution in [3.8, 4) is 0 Å². The lowest BCUT2D eigenvalue weighted by Gasteiger charge is -2.30. The van der Waals surface area contributed by atoms with Crippen LogP contribution >= 0.6 is 11.6 Å². The summed E-state index contributed by atoms with van der Waals surface area (Å²) in [5, 5.41) is 2.49. The first kappa shape index (κ1) is 23.2. The van der Waals surface area contributed by atoms with Gasteiger partial charge in [0.05, 0.1) is 11.3 Å². The quantitative estimate of drug-likeness (QED) is 0.495. The molecule has 0 bridgehead atoms. The third-order valence-electron chi connectivity index (χ3n) is 5.22. The van der Waals surface area contributed by atoms with E-state index < -0.39 is 28.5 Å². The molecule has 0 aliphatic heterocycles. The molecule has 0 unspecified atom stereocenters. The second kappa shape index (κ2) is 10.2. The van der Waals surface area contributed by atoms with Crippen LogP contribution in [0.2, 0.25) is 5.15 Å². The van der Waals surface area contributed by atoms with Crippen molar-refractivity contribution in [2.45, 2.75) is 43.0 Å². The number of carbonyl (C=O) groups excluding carboxylic acids is 2. The van der Waals surface area contributed by atoms with Gasteiger partial charge in [-0.05, 0) is 37.1 Å². The number of anilines is 1. The standard InChI is InChI=1S/C21H24ClN3O5S/c1-25(15-8-3-2-4-9-15)31(28,29)18-12-6-5-11-17(18)24-19(26)14-30-21(27)16-10-7-13-23-20(16)22/h5-7,10-13,15H,2-4,8-9,14H2,1H3,(H,24,26). The van der Waals surface area contributed by atoms with Crippen molar-refractivity contribution in [3.05, 3.63) is 53.3 Å². The number of esters is 1. The third kappa shape index (κ3) is 5.61. The van der Waals surface area contributed by atoms with Gasteiger partial charge in [-0.15, -0.1) is 0 Å². The highest BCUT2D eigenvalue weighted by molar-refractivity contribution is 7.89. The van der Waals surface area contributed by atoms with Gasteiger partial charge in [-0.1, -0.05) is 43.0 Å². The van der Waals surface area contributed by atoms with E-state index in [1.165, 1.54) is 34.8 Å². The van der Waals surface area contributed by atoms with Crippen molar-refractivity contribution < 1.29 is 22.7 Å². The van der Waals surface area contributed by atoms with E-state index in [1.807, 2.05) is 0 Å². The highest BCUT2D eigenvalue weighted by Gasteiger charge is 2.31. The van der Waals surface area contributed by atoms with Crippen LogP contribution in [0.15, 0.2) is 47.5 Å². The minimum absolute atomic E-state index is 0.00180. The summed E-state index contributed by atoms with van der Waals surface area (Å²) in [5.74, 6) is -1.47. The number of halogens is 1. The molecule has 1 aromatic heterocycles. The van der Waals surface area contributed by atoms with E-state index in [2.05, 4.69) is 10.3 Å². The van der Waals surface area contributed by atoms with Gasteiger partial charge in [-0.25, -0.2) is 18.2 Å². The van der Waals surface area contributed by atoms with Gasteiger partial charge in [-0.3, -0.25) is 4.79 Å². The number of rotatable bonds is 7. The molecular weight excluding hydrogens is 442 g/mol. The summed E-state index contributed by atoms with van der Waals surface area (Å²) in [6, 6.07) is 9.06. The molecule has 31 heavy (non-hydrogen) atoms. The Morgan fingerprint density at radius 3 is 2.58 bits per heavy atom. The SMILES string of the molecule is CN(C1CCCCC1)S(=O)(=O)c1ccccc1NC(=O)COC(=O)c1cccnc1Cl. The number of amides is 1. The summed E-state index contributed by atoms with van der Waals surface area (Å²) in [5.41, 5.74) is 0.166. The van der Waals surface area contributed by atoms with Crippen molar-refractivity contribution in [1.29, 1.82) is 0 Å². The Morgan fingerprint density at radius 1 is 1.16 bits per heavy atom. The molecule has 1 amide bonds. The number of aromatic nitrogens is 1. The summed E-state index contributed by atoms with van der Waals surface area (Å²) in [6.45, 7) is -0.600. The third-order valence-corrected chi connectivity index (χ3v) is 7.49. The molecule has 0 spiro atoms. The van der Waals surface area contributed by atoms with Gasteiger partial charge in [0.15, 0.2) is 6.61 Å². The van der Waals surface area contributed by atoms with Crippen LogP contribution in [0.5, 0.6) is 0 Å². The molecule has 1 fully saturated rings. The minimum atomic E-state index is -3.81. The number of hydrogen-bond acceptors (Lipinski definition) is 6. The summed E-state index contributed by atoms with van der Waals surface area (Å²) in [6.07, 6.45) is 6.16. The number of pyridine rings is 1. The van der Waals surface area contributed by atoms with Crippen LogP contribution in [0.3, 0.4) is 0 Å². The van der Waals surface area contributed by atoms with Gasteiger partial charge < -0.3 is 10.1 Å². The number of benzene rings is 1. The average molecular weight is 466 g/mol. The lowest BCUT2D eigenvalue weighted by Crippen LogP contribution is -2.38. The van der Waals surface area contributed by atoms with Gasteiger partial charge in [0.1, 0.15) is 10.0 Å². The fourth-order valence-corrected chi connectivity index (χ4v) is 5.28. The van der Waals surface area contributed by atoms with E-state index in [0.717, 1.165) is 32.1 Å². The highest BCUT2D eigenvalue weighted by atomic mass is 35.5. The summed E-state index contributed by atoms with van der Waals surface area (Å²) in [4.78, 5) is 28.2. The van der Waals surface area contributed by atoms with Gasteiger partial charge in [0.2, 0.25) is 10.0 Å². The molecular formula is C21H24ClN3O5S. The van der Waals surface area contributed by atoms with Gasteiger partial charge in [-0.2, -0.15) is 4.31 Å². The zero-order chi connectivity index (χ0) is 22.4. The van der Waals surface area contributed by atoms with Crippen molar-refractivity contribution in [3.63, 3.8) is 0 Å². The lowest BCUT2D eigenvalue weighted by atomic mass is 9.96. The maximum absolute atomic E-state index is 13.2. The number of carbonyl (C=O) groups is 2. The molecule has 3 rings (SSSR count). The predicted molar refractivity (Wildman–Crippen MR) is 116 cm³/mol. The average Bonchev–Trinajstić information content (AvgIpc) is 2.78. The maximum Gasteiger partial charge on any atom is 0.341 e. The van der Waals surface area contributed by atoms with Crippen LogP contribution in [0.25, 0.3) is 0 Å².